The van der Waals surface area contributed by atoms with E-state index in [4.69, 9.17) is 0 Å². The van der Waals surface area contributed by atoms with Gasteiger partial charge in [0.05, 0.1) is 4.90 Å². The molecular weight excluding hydrogens is 441 g/mol. The molecule has 5 nitrogen and oxygen atoms in total. The topological polar surface area (TPSA) is 71.1 Å². The van der Waals surface area contributed by atoms with Crippen molar-refractivity contribution in [1.29, 1.82) is 0 Å². The number of aromatic nitrogens is 1. The monoisotopic (exact) mass is 469 g/mol. The van der Waals surface area contributed by atoms with E-state index in [1.807, 2.05) is 38.1 Å². The number of hydrogen-bond acceptors (Lipinski definition) is 4. The predicted molar refractivity (Wildman–Crippen MR) is 128 cm³/mol. The van der Waals surface area contributed by atoms with Gasteiger partial charge < -0.3 is 5.32 Å². The lowest BCUT2D eigenvalue weighted by Crippen LogP contribution is -2.45. The summed E-state index contributed by atoms with van der Waals surface area (Å²) in [7, 11) is -3.60. The molecule has 0 bridgehead atoms. The van der Waals surface area contributed by atoms with Gasteiger partial charge in [-0.1, -0.05) is 50.2 Å². The second kappa shape index (κ2) is 12.2. The Kier molecular flexibility index (Phi) is 10.7. The number of halogens is 2. The molecule has 0 saturated carbocycles. The molecular formula is C22H29Cl2N3O2S. The molecule has 1 heterocycles. The largest absolute Gasteiger partial charge is 0.315 e. The van der Waals surface area contributed by atoms with Crippen LogP contribution in [-0.2, 0) is 16.4 Å². The van der Waals surface area contributed by atoms with Crippen molar-refractivity contribution in [3.8, 4) is 0 Å². The molecule has 3 aromatic rings. The first-order valence-corrected chi connectivity index (χ1v) is 11.0. The number of pyridine rings is 1. The van der Waals surface area contributed by atoms with Crippen molar-refractivity contribution in [3.63, 3.8) is 0 Å². The minimum Gasteiger partial charge on any atom is -0.315 e. The molecule has 0 radical (unpaired) electrons. The predicted octanol–water partition coefficient (Wildman–Crippen LogP) is 4.21. The zero-order chi connectivity index (χ0) is 20.0. The Morgan fingerprint density at radius 2 is 1.70 bits per heavy atom. The fourth-order valence-electron chi connectivity index (χ4n) is 3.04. The van der Waals surface area contributed by atoms with Crippen molar-refractivity contribution in [2.75, 3.05) is 13.1 Å². The average Bonchev–Trinajstić information content (AvgIpc) is 2.70. The number of fused-ring (bicyclic) bond motifs is 1. The van der Waals surface area contributed by atoms with Crippen molar-refractivity contribution in [2.24, 2.45) is 5.92 Å². The zero-order valence-electron chi connectivity index (χ0n) is 17.1. The molecule has 8 heteroatoms. The third kappa shape index (κ3) is 7.22. The van der Waals surface area contributed by atoms with E-state index in [-0.39, 0.29) is 41.7 Å². The Labute approximate surface area is 191 Å². The summed E-state index contributed by atoms with van der Waals surface area (Å²) in [4.78, 5) is 4.35. The van der Waals surface area contributed by atoms with Crippen LogP contribution in [0.3, 0.4) is 0 Å². The lowest BCUT2D eigenvalue weighted by molar-refractivity contribution is 0.423. The minimum atomic E-state index is -3.60. The van der Waals surface area contributed by atoms with Crippen molar-refractivity contribution < 1.29 is 8.42 Å². The lowest BCUT2D eigenvalue weighted by atomic mass is 10.1. The molecule has 1 unspecified atom stereocenters. The smallest absolute Gasteiger partial charge is 0.240 e. The van der Waals surface area contributed by atoms with E-state index >= 15 is 0 Å². The third-order valence-corrected chi connectivity index (χ3v) is 6.32. The number of rotatable bonds is 9. The summed E-state index contributed by atoms with van der Waals surface area (Å²) in [6, 6.07) is 17.0. The van der Waals surface area contributed by atoms with Crippen LogP contribution in [0.25, 0.3) is 10.8 Å². The summed E-state index contributed by atoms with van der Waals surface area (Å²) < 4.78 is 28.6. The van der Waals surface area contributed by atoms with Gasteiger partial charge in [-0.2, -0.15) is 0 Å². The van der Waals surface area contributed by atoms with Crippen molar-refractivity contribution in [1.82, 2.24) is 15.0 Å². The Bertz CT molecular complexity index is 1020. The zero-order valence-corrected chi connectivity index (χ0v) is 19.6. The van der Waals surface area contributed by atoms with Crippen molar-refractivity contribution >= 4 is 45.6 Å². The molecule has 0 spiro atoms. The standard InChI is InChI=1S/C22H27N3O2S.2ClH/c1-17(2)22(16-24-12-10-18-6-4-3-5-7-18)25-28(26,27)21-9-8-20-15-23-13-11-19(20)14-21;;/h3-9,11,13-15,17,22,24-25H,10,12,16H2,1-2H3;2*1H. The number of nitrogens with one attached hydrogen (secondary N) is 2. The fraction of sp³-hybridized carbons (Fsp3) is 0.318. The molecule has 164 valence electrons. The SMILES string of the molecule is CC(C)C(CNCCc1ccccc1)NS(=O)(=O)c1ccc2cnccc2c1.Cl.Cl. The summed E-state index contributed by atoms with van der Waals surface area (Å²) in [5.74, 6) is 0.170. The van der Waals surface area contributed by atoms with Crippen LogP contribution in [-0.4, -0.2) is 32.5 Å². The van der Waals surface area contributed by atoms with Crippen LogP contribution < -0.4 is 10.0 Å². The first-order chi connectivity index (χ1) is 13.5. The summed E-state index contributed by atoms with van der Waals surface area (Å²) in [5, 5.41) is 5.17. The molecule has 2 aromatic carbocycles. The molecule has 0 aliphatic heterocycles. The highest BCUT2D eigenvalue weighted by molar-refractivity contribution is 7.89. The van der Waals surface area contributed by atoms with Gasteiger partial charge in [0, 0.05) is 30.4 Å². The Balaban J connectivity index is 0.00000225. The second-order valence-electron chi connectivity index (χ2n) is 7.30. The van der Waals surface area contributed by atoms with Gasteiger partial charge in [-0.3, -0.25) is 4.98 Å². The number of nitrogens with zero attached hydrogens (tertiary/aromatic N) is 1. The van der Waals surface area contributed by atoms with E-state index in [1.165, 1.54) is 5.56 Å². The van der Waals surface area contributed by atoms with Crippen LogP contribution in [0.1, 0.15) is 19.4 Å². The van der Waals surface area contributed by atoms with Gasteiger partial charge in [0.2, 0.25) is 10.0 Å². The highest BCUT2D eigenvalue weighted by Gasteiger charge is 2.22. The minimum absolute atomic E-state index is 0. The van der Waals surface area contributed by atoms with Crippen LogP contribution in [0.15, 0.2) is 71.9 Å². The summed E-state index contributed by atoms with van der Waals surface area (Å²) in [5.41, 5.74) is 1.27. The summed E-state index contributed by atoms with van der Waals surface area (Å²) in [6.07, 6.45) is 4.31. The van der Waals surface area contributed by atoms with Crippen molar-refractivity contribution in [2.45, 2.75) is 31.2 Å². The fourth-order valence-corrected chi connectivity index (χ4v) is 4.46. The summed E-state index contributed by atoms with van der Waals surface area (Å²) >= 11 is 0. The van der Waals surface area contributed by atoms with Gasteiger partial charge in [0.1, 0.15) is 0 Å². The Morgan fingerprint density at radius 1 is 0.967 bits per heavy atom. The number of benzene rings is 2. The van der Waals surface area contributed by atoms with Crippen LogP contribution in [0, 0.1) is 5.92 Å². The average molecular weight is 470 g/mol. The van der Waals surface area contributed by atoms with E-state index in [1.54, 1.807) is 30.6 Å². The Hall–Kier alpha value is -1.70. The van der Waals surface area contributed by atoms with Crippen LogP contribution in [0.2, 0.25) is 0 Å². The second-order valence-corrected chi connectivity index (χ2v) is 9.01. The van der Waals surface area contributed by atoms with Crippen molar-refractivity contribution in [3.05, 3.63) is 72.6 Å². The van der Waals surface area contributed by atoms with Gasteiger partial charge in [-0.15, -0.1) is 24.8 Å². The number of hydrogen-bond donors (Lipinski definition) is 2. The summed E-state index contributed by atoms with van der Waals surface area (Å²) in [6.45, 7) is 5.44. The molecule has 1 aromatic heterocycles. The maximum atomic E-state index is 12.9. The van der Waals surface area contributed by atoms with Crippen LogP contribution >= 0.6 is 24.8 Å². The van der Waals surface area contributed by atoms with E-state index < -0.39 is 10.0 Å². The van der Waals surface area contributed by atoms with E-state index in [0.717, 1.165) is 23.7 Å². The molecule has 30 heavy (non-hydrogen) atoms. The molecule has 3 rings (SSSR count). The molecule has 0 amide bonds. The highest BCUT2D eigenvalue weighted by Crippen LogP contribution is 2.19. The highest BCUT2D eigenvalue weighted by atomic mass is 35.5. The first-order valence-electron chi connectivity index (χ1n) is 9.56. The van der Waals surface area contributed by atoms with Gasteiger partial charge in [0.25, 0.3) is 0 Å². The van der Waals surface area contributed by atoms with Gasteiger partial charge in [-0.25, -0.2) is 13.1 Å². The normalized spacial score (nSPS) is 12.2. The van der Waals surface area contributed by atoms with Gasteiger partial charge >= 0.3 is 0 Å². The maximum absolute atomic E-state index is 12.9. The molecule has 0 aliphatic carbocycles. The molecule has 0 saturated heterocycles. The van der Waals surface area contributed by atoms with Crippen LogP contribution in [0.4, 0.5) is 0 Å². The van der Waals surface area contributed by atoms with E-state index in [9.17, 15) is 8.42 Å². The molecule has 1 atom stereocenters. The quantitative estimate of drug-likeness (QED) is 0.460. The third-order valence-electron chi connectivity index (χ3n) is 4.83. The Morgan fingerprint density at radius 3 is 2.40 bits per heavy atom. The molecule has 2 N–H and O–H groups in total. The van der Waals surface area contributed by atoms with Gasteiger partial charge in [0.15, 0.2) is 0 Å². The first kappa shape index (κ1) is 26.3. The molecule has 0 fully saturated rings. The van der Waals surface area contributed by atoms with Gasteiger partial charge in [-0.05, 0) is 48.0 Å². The van der Waals surface area contributed by atoms with E-state index in [2.05, 4.69) is 27.2 Å². The number of sulfonamides is 1. The van der Waals surface area contributed by atoms with E-state index in [0.29, 0.717) is 6.54 Å². The van der Waals surface area contributed by atoms with Crippen LogP contribution in [0.5, 0.6) is 0 Å². The molecule has 0 aliphatic rings. The lowest BCUT2D eigenvalue weighted by Gasteiger charge is -2.23. The maximum Gasteiger partial charge on any atom is 0.240 e.